The first-order valence-electron chi connectivity index (χ1n) is 15.1. The Labute approximate surface area is 235 Å². The van der Waals surface area contributed by atoms with Crippen molar-refractivity contribution >= 4 is 17.8 Å². The lowest BCUT2D eigenvalue weighted by molar-refractivity contribution is -0.132. The molecule has 6 atom stereocenters. The summed E-state index contributed by atoms with van der Waals surface area (Å²) in [5.74, 6) is -2.36. The molecule has 6 rings (SSSR count). The van der Waals surface area contributed by atoms with Crippen molar-refractivity contribution in [3.05, 3.63) is 47.1 Å². The van der Waals surface area contributed by atoms with Crippen LogP contribution in [0.4, 0.5) is 8.78 Å². The maximum absolute atomic E-state index is 14.0. The number of likely N-dealkylation sites (tertiary alicyclic amines) is 1. The molecule has 1 amide bonds. The van der Waals surface area contributed by atoms with Gasteiger partial charge in [-0.05, 0) is 83.3 Å². The van der Waals surface area contributed by atoms with Gasteiger partial charge in [-0.25, -0.2) is 13.8 Å². The molecule has 6 nitrogen and oxygen atoms in total. The van der Waals surface area contributed by atoms with Crippen LogP contribution in [0.15, 0.2) is 29.9 Å². The Morgan fingerprint density at radius 2 is 1.90 bits per heavy atom. The molecule has 1 aliphatic heterocycles. The van der Waals surface area contributed by atoms with E-state index >= 15 is 0 Å². The number of nitrogens with zero attached hydrogens (tertiary/aromatic N) is 3. The van der Waals surface area contributed by atoms with Crippen LogP contribution in [-0.2, 0) is 9.59 Å². The highest BCUT2D eigenvalue weighted by molar-refractivity contribution is 5.99. The van der Waals surface area contributed by atoms with Crippen molar-refractivity contribution in [1.82, 2.24) is 14.5 Å². The standard InChI is InChI=1S/C32H41F2N3O3/c1-4-27(38)21-6-5-7-22(17-21)37-26-11-10-25-23(9-8-19(3)36(25)31(40)24-16-18(24)2)28(26)35-30(37)29(39)20-12-14-32(33,34)15-13-20/h4,10-11,19-23,25,29,39H,1,5-9,12-17H2,2-3H3. The highest BCUT2D eigenvalue weighted by Crippen LogP contribution is 2.48. The van der Waals surface area contributed by atoms with Crippen LogP contribution in [-0.4, -0.2) is 49.3 Å². The minimum Gasteiger partial charge on any atom is -0.385 e. The summed E-state index contributed by atoms with van der Waals surface area (Å²) in [6.07, 6.45) is 10.5. The summed E-state index contributed by atoms with van der Waals surface area (Å²) in [6, 6.07) is 0.00281. The Morgan fingerprint density at radius 1 is 1.18 bits per heavy atom. The fourth-order valence-corrected chi connectivity index (χ4v) is 7.83. The topological polar surface area (TPSA) is 75.4 Å². The number of piperidine rings is 1. The molecule has 1 N–H and O–H groups in total. The Balaban J connectivity index is 1.38. The molecule has 3 fully saturated rings. The monoisotopic (exact) mass is 553 g/mol. The van der Waals surface area contributed by atoms with Crippen LogP contribution in [0, 0.1) is 11.8 Å². The molecule has 6 unspecified atom stereocenters. The van der Waals surface area contributed by atoms with Crippen molar-refractivity contribution in [2.75, 3.05) is 0 Å². The van der Waals surface area contributed by atoms with Crippen LogP contribution in [0.1, 0.15) is 120 Å². The summed E-state index contributed by atoms with van der Waals surface area (Å²) in [6.45, 7) is 7.82. The molecular formula is C32H41F2N3O3. The molecule has 1 aromatic heterocycles. The molecule has 5 aliphatic rings. The number of amides is 1. The predicted octanol–water partition coefficient (Wildman–Crippen LogP) is 6.44. The SMILES string of the molecule is C=CC(=O)C1CCCC(n2c(C(O)C3CCC(F)(F)CC3)nc3c2C=CC2C3CCC(C)N2C(=O)C2=C(C)C2)C1. The molecule has 40 heavy (non-hydrogen) atoms. The number of aromatic nitrogens is 2. The smallest absolute Gasteiger partial charge is 0.250 e. The number of aliphatic hydroxyl groups excluding tert-OH is 1. The van der Waals surface area contributed by atoms with E-state index in [4.69, 9.17) is 4.98 Å². The van der Waals surface area contributed by atoms with Gasteiger partial charge >= 0.3 is 0 Å². The second-order valence-electron chi connectivity index (χ2n) is 12.9. The lowest BCUT2D eigenvalue weighted by atomic mass is 9.79. The molecule has 0 spiro atoms. The lowest BCUT2D eigenvalue weighted by Gasteiger charge is -2.45. The first kappa shape index (κ1) is 27.6. The average molecular weight is 554 g/mol. The van der Waals surface area contributed by atoms with Gasteiger partial charge in [0.15, 0.2) is 5.78 Å². The minimum atomic E-state index is -2.67. The van der Waals surface area contributed by atoms with E-state index in [0.29, 0.717) is 12.2 Å². The highest BCUT2D eigenvalue weighted by atomic mass is 19.3. The van der Waals surface area contributed by atoms with Gasteiger partial charge in [0.2, 0.25) is 5.92 Å². The number of aliphatic hydroxyl groups is 1. The van der Waals surface area contributed by atoms with E-state index in [1.165, 1.54) is 6.08 Å². The molecule has 1 aromatic rings. The van der Waals surface area contributed by atoms with E-state index in [-0.39, 0.29) is 73.3 Å². The summed E-state index contributed by atoms with van der Waals surface area (Å²) >= 11 is 0. The molecule has 0 aromatic carbocycles. The van der Waals surface area contributed by atoms with E-state index in [2.05, 4.69) is 30.2 Å². The zero-order chi connectivity index (χ0) is 28.3. The number of halogens is 2. The van der Waals surface area contributed by atoms with Gasteiger partial charge in [-0.1, -0.05) is 24.6 Å². The molecule has 8 heteroatoms. The van der Waals surface area contributed by atoms with Gasteiger partial charge in [-0.15, -0.1) is 0 Å². The maximum atomic E-state index is 14.0. The van der Waals surface area contributed by atoms with Crippen molar-refractivity contribution in [1.29, 1.82) is 0 Å². The highest BCUT2D eigenvalue weighted by Gasteiger charge is 2.46. The fourth-order valence-electron chi connectivity index (χ4n) is 7.83. The van der Waals surface area contributed by atoms with Crippen molar-refractivity contribution in [3.8, 4) is 0 Å². The van der Waals surface area contributed by atoms with Crippen LogP contribution in [0.3, 0.4) is 0 Å². The normalized spacial score (nSPS) is 32.3. The van der Waals surface area contributed by atoms with Gasteiger partial charge in [0, 0.05) is 42.3 Å². The second kappa shape index (κ2) is 10.3. The molecule has 216 valence electrons. The second-order valence-corrected chi connectivity index (χ2v) is 12.9. The van der Waals surface area contributed by atoms with Crippen molar-refractivity contribution in [2.24, 2.45) is 11.8 Å². The number of allylic oxidation sites excluding steroid dienone is 2. The van der Waals surface area contributed by atoms with Crippen LogP contribution in [0.2, 0.25) is 0 Å². The molecule has 4 aliphatic carbocycles. The lowest BCUT2D eigenvalue weighted by Crippen LogP contribution is -2.52. The van der Waals surface area contributed by atoms with Crippen molar-refractivity contribution in [2.45, 2.75) is 121 Å². The first-order valence-corrected chi connectivity index (χ1v) is 15.1. The van der Waals surface area contributed by atoms with E-state index in [9.17, 15) is 23.5 Å². The summed E-state index contributed by atoms with van der Waals surface area (Å²) in [5, 5.41) is 11.7. The minimum absolute atomic E-state index is 0.0110. The number of hydrogen-bond donors (Lipinski definition) is 1. The van der Waals surface area contributed by atoms with Crippen LogP contribution < -0.4 is 0 Å². The summed E-state index contributed by atoms with van der Waals surface area (Å²) in [7, 11) is 0. The zero-order valence-electron chi connectivity index (χ0n) is 23.6. The zero-order valence-corrected chi connectivity index (χ0v) is 23.6. The molecule has 0 radical (unpaired) electrons. The third-order valence-corrected chi connectivity index (χ3v) is 10.3. The molecule has 2 heterocycles. The van der Waals surface area contributed by atoms with Crippen molar-refractivity contribution in [3.63, 3.8) is 0 Å². The number of imidazole rings is 1. The quantitative estimate of drug-likeness (QED) is 0.412. The number of rotatable bonds is 6. The average Bonchev–Trinajstić information content (AvgIpc) is 3.55. The Kier molecular flexibility index (Phi) is 7.12. The maximum Gasteiger partial charge on any atom is 0.250 e. The first-order chi connectivity index (χ1) is 19.1. The number of fused-ring (bicyclic) bond motifs is 3. The molecular weight excluding hydrogens is 512 g/mol. The van der Waals surface area contributed by atoms with Gasteiger partial charge in [0.25, 0.3) is 5.91 Å². The van der Waals surface area contributed by atoms with Gasteiger partial charge < -0.3 is 14.6 Å². The fraction of sp³-hybridized carbons (Fsp3) is 0.656. The van der Waals surface area contributed by atoms with E-state index in [0.717, 1.165) is 61.1 Å². The summed E-state index contributed by atoms with van der Waals surface area (Å²) < 4.78 is 30.1. The van der Waals surface area contributed by atoms with E-state index in [1.54, 1.807) is 0 Å². The molecule has 2 saturated carbocycles. The van der Waals surface area contributed by atoms with E-state index in [1.807, 2.05) is 11.8 Å². The molecule has 1 saturated heterocycles. The predicted molar refractivity (Wildman–Crippen MR) is 149 cm³/mol. The third-order valence-electron chi connectivity index (χ3n) is 10.3. The Bertz CT molecular complexity index is 1270. The molecule has 0 bridgehead atoms. The van der Waals surface area contributed by atoms with Crippen LogP contribution in [0.25, 0.3) is 6.08 Å². The Morgan fingerprint density at radius 3 is 2.58 bits per heavy atom. The van der Waals surface area contributed by atoms with Crippen LogP contribution >= 0.6 is 0 Å². The summed E-state index contributed by atoms with van der Waals surface area (Å²) in [5.41, 5.74) is 3.92. The number of ketones is 1. The summed E-state index contributed by atoms with van der Waals surface area (Å²) in [4.78, 5) is 33.2. The number of carbonyl (C=O) groups excluding carboxylic acids is 2. The van der Waals surface area contributed by atoms with E-state index < -0.39 is 12.0 Å². The van der Waals surface area contributed by atoms with Crippen LogP contribution in [0.5, 0.6) is 0 Å². The van der Waals surface area contributed by atoms with Gasteiger partial charge in [-0.2, -0.15) is 0 Å². The number of carbonyl (C=O) groups is 2. The van der Waals surface area contributed by atoms with Crippen molar-refractivity contribution < 1.29 is 23.5 Å². The largest absolute Gasteiger partial charge is 0.385 e. The third kappa shape index (κ3) is 4.80. The van der Waals surface area contributed by atoms with Gasteiger partial charge in [0.05, 0.1) is 17.4 Å². The number of alkyl halides is 2. The Hall–Kier alpha value is -2.61. The number of hydrogen-bond acceptors (Lipinski definition) is 4. The van der Waals surface area contributed by atoms with Gasteiger partial charge in [0.1, 0.15) is 11.9 Å². The van der Waals surface area contributed by atoms with Gasteiger partial charge in [-0.3, -0.25) is 9.59 Å².